The zero-order valence-electron chi connectivity index (χ0n) is 13.6. The van der Waals surface area contributed by atoms with Crippen molar-refractivity contribution in [1.82, 2.24) is 20.3 Å². The summed E-state index contributed by atoms with van der Waals surface area (Å²) in [6.07, 6.45) is 1.63. The third-order valence-electron chi connectivity index (χ3n) is 3.68. The minimum atomic E-state index is -0.106. The molecule has 0 bridgehead atoms. The van der Waals surface area contributed by atoms with Gasteiger partial charge in [0, 0.05) is 17.8 Å². The van der Waals surface area contributed by atoms with Crippen LogP contribution in [-0.4, -0.2) is 27.4 Å². The van der Waals surface area contributed by atoms with E-state index in [1.54, 1.807) is 0 Å². The van der Waals surface area contributed by atoms with E-state index in [9.17, 15) is 4.79 Å². The predicted octanol–water partition coefficient (Wildman–Crippen LogP) is 4.27. The molecule has 3 aromatic rings. The maximum atomic E-state index is 12.3. The number of thiazole rings is 1. The van der Waals surface area contributed by atoms with Crippen LogP contribution in [0.25, 0.3) is 11.0 Å². The van der Waals surface area contributed by atoms with Gasteiger partial charge in [0.15, 0.2) is 3.92 Å². The van der Waals surface area contributed by atoms with Gasteiger partial charge in [-0.1, -0.05) is 26.0 Å². The molecular formula is C17H19BrN4OS. The van der Waals surface area contributed by atoms with Crippen LogP contribution < -0.4 is 5.32 Å². The van der Waals surface area contributed by atoms with Crippen LogP contribution in [0.2, 0.25) is 0 Å². The first-order valence-corrected chi connectivity index (χ1v) is 9.53. The molecule has 3 rings (SSSR count). The number of para-hydroxylation sites is 2. The van der Waals surface area contributed by atoms with Crippen molar-refractivity contribution in [3.8, 4) is 0 Å². The van der Waals surface area contributed by atoms with Gasteiger partial charge in [-0.25, -0.2) is 9.97 Å². The standard InChI is InChI=1S/C17H19BrN4OS/c1-10(2)15-14(22-17(18)24-15)16(23)19-9-5-8-13-20-11-6-3-4-7-12(11)21-13/h3-4,6-7,10H,5,8-9H2,1-2H3,(H,19,23)(H,20,21). The van der Waals surface area contributed by atoms with Gasteiger partial charge in [-0.05, 0) is 40.4 Å². The van der Waals surface area contributed by atoms with Gasteiger partial charge in [0.1, 0.15) is 11.5 Å². The SMILES string of the molecule is CC(C)c1sc(Br)nc1C(=O)NCCCc1nc2ccccc2[nH]1. The summed E-state index contributed by atoms with van der Waals surface area (Å²) >= 11 is 4.88. The summed E-state index contributed by atoms with van der Waals surface area (Å²) in [5, 5.41) is 2.95. The molecule has 0 aliphatic heterocycles. The van der Waals surface area contributed by atoms with Crippen molar-refractivity contribution in [3.63, 3.8) is 0 Å². The summed E-state index contributed by atoms with van der Waals surface area (Å²) in [6, 6.07) is 7.97. The average molecular weight is 407 g/mol. The van der Waals surface area contributed by atoms with Crippen molar-refractivity contribution >= 4 is 44.2 Å². The van der Waals surface area contributed by atoms with E-state index in [1.165, 1.54) is 11.3 Å². The van der Waals surface area contributed by atoms with Gasteiger partial charge in [-0.3, -0.25) is 4.79 Å². The second-order valence-corrected chi connectivity index (χ2v) is 8.20. The molecular weight excluding hydrogens is 388 g/mol. The lowest BCUT2D eigenvalue weighted by atomic mass is 10.1. The molecule has 126 valence electrons. The number of nitrogens with zero attached hydrogens (tertiary/aromatic N) is 2. The third-order valence-corrected chi connectivity index (χ3v) is 5.49. The summed E-state index contributed by atoms with van der Waals surface area (Å²) in [5.41, 5.74) is 2.56. The Morgan fingerprint density at radius 1 is 1.33 bits per heavy atom. The molecule has 1 aromatic carbocycles. The van der Waals surface area contributed by atoms with Crippen molar-refractivity contribution in [2.45, 2.75) is 32.6 Å². The summed E-state index contributed by atoms with van der Waals surface area (Å²) in [5.74, 6) is 1.13. The van der Waals surface area contributed by atoms with Gasteiger partial charge >= 0.3 is 0 Å². The highest BCUT2D eigenvalue weighted by Gasteiger charge is 2.19. The molecule has 24 heavy (non-hydrogen) atoms. The van der Waals surface area contributed by atoms with Gasteiger partial charge in [-0.2, -0.15) is 0 Å². The van der Waals surface area contributed by atoms with Crippen molar-refractivity contribution in [3.05, 3.63) is 44.6 Å². The van der Waals surface area contributed by atoms with Crippen LogP contribution in [0.15, 0.2) is 28.2 Å². The van der Waals surface area contributed by atoms with E-state index in [2.05, 4.69) is 50.0 Å². The summed E-state index contributed by atoms with van der Waals surface area (Å²) in [4.78, 5) is 25.5. The number of carbonyl (C=O) groups excluding carboxylic acids is 1. The number of fused-ring (bicyclic) bond motifs is 1. The van der Waals surface area contributed by atoms with E-state index >= 15 is 0 Å². The number of rotatable bonds is 6. The largest absolute Gasteiger partial charge is 0.351 e. The Labute approximate surface area is 153 Å². The van der Waals surface area contributed by atoms with Crippen molar-refractivity contribution in [2.24, 2.45) is 0 Å². The number of aromatic nitrogens is 3. The highest BCUT2D eigenvalue weighted by atomic mass is 79.9. The van der Waals surface area contributed by atoms with Gasteiger partial charge < -0.3 is 10.3 Å². The Bertz CT molecular complexity index is 822. The highest BCUT2D eigenvalue weighted by Crippen LogP contribution is 2.29. The Balaban J connectivity index is 1.54. The number of benzene rings is 1. The number of imidazole rings is 1. The van der Waals surface area contributed by atoms with E-state index in [1.807, 2.05) is 24.3 Å². The highest BCUT2D eigenvalue weighted by molar-refractivity contribution is 9.11. The quantitative estimate of drug-likeness (QED) is 0.600. The normalized spacial score (nSPS) is 11.3. The van der Waals surface area contributed by atoms with Gasteiger partial charge in [-0.15, -0.1) is 11.3 Å². The van der Waals surface area contributed by atoms with Crippen LogP contribution in [-0.2, 0) is 6.42 Å². The first-order valence-electron chi connectivity index (χ1n) is 7.92. The van der Waals surface area contributed by atoms with E-state index in [-0.39, 0.29) is 11.8 Å². The fourth-order valence-electron chi connectivity index (χ4n) is 2.52. The summed E-state index contributed by atoms with van der Waals surface area (Å²) in [6.45, 7) is 4.74. The first-order chi connectivity index (χ1) is 11.5. The molecule has 2 heterocycles. The number of amides is 1. The number of nitrogens with one attached hydrogen (secondary N) is 2. The molecule has 7 heteroatoms. The summed E-state index contributed by atoms with van der Waals surface area (Å²) in [7, 11) is 0. The Hall–Kier alpha value is -1.73. The molecule has 0 atom stereocenters. The second kappa shape index (κ2) is 7.44. The van der Waals surface area contributed by atoms with E-state index < -0.39 is 0 Å². The predicted molar refractivity (Wildman–Crippen MR) is 101 cm³/mol. The molecule has 5 nitrogen and oxygen atoms in total. The number of carbonyl (C=O) groups is 1. The molecule has 1 amide bonds. The van der Waals surface area contributed by atoms with Crippen LogP contribution in [0.5, 0.6) is 0 Å². The molecule has 0 unspecified atom stereocenters. The minimum Gasteiger partial charge on any atom is -0.351 e. The van der Waals surface area contributed by atoms with Crippen LogP contribution in [0, 0.1) is 0 Å². The lowest BCUT2D eigenvalue weighted by molar-refractivity contribution is 0.0947. The van der Waals surface area contributed by atoms with Gasteiger partial charge in [0.2, 0.25) is 0 Å². The van der Waals surface area contributed by atoms with Gasteiger partial charge in [0.05, 0.1) is 11.0 Å². The van der Waals surface area contributed by atoms with E-state index in [0.29, 0.717) is 12.2 Å². The Morgan fingerprint density at radius 3 is 2.88 bits per heavy atom. The lowest BCUT2D eigenvalue weighted by Crippen LogP contribution is -2.26. The molecule has 0 saturated carbocycles. The fraction of sp³-hybridized carbons (Fsp3) is 0.353. The van der Waals surface area contributed by atoms with Crippen LogP contribution in [0.1, 0.15) is 47.4 Å². The number of hydrogen-bond donors (Lipinski definition) is 2. The number of H-pyrrole nitrogens is 1. The third kappa shape index (κ3) is 3.84. The van der Waals surface area contributed by atoms with Crippen molar-refractivity contribution in [1.29, 1.82) is 0 Å². The topological polar surface area (TPSA) is 70.7 Å². The van der Waals surface area contributed by atoms with Crippen molar-refractivity contribution < 1.29 is 4.79 Å². The molecule has 0 aliphatic carbocycles. The minimum absolute atomic E-state index is 0.106. The lowest BCUT2D eigenvalue weighted by Gasteiger charge is -2.06. The first kappa shape index (κ1) is 17.1. The molecule has 0 saturated heterocycles. The molecule has 0 spiro atoms. The van der Waals surface area contributed by atoms with Crippen LogP contribution >= 0.6 is 27.3 Å². The molecule has 2 aromatic heterocycles. The fourth-order valence-corrected chi connectivity index (χ4v) is 4.01. The number of hydrogen-bond acceptors (Lipinski definition) is 4. The summed E-state index contributed by atoms with van der Waals surface area (Å²) < 4.78 is 0.749. The smallest absolute Gasteiger partial charge is 0.271 e. The maximum Gasteiger partial charge on any atom is 0.271 e. The average Bonchev–Trinajstić information content (AvgIpc) is 3.14. The monoisotopic (exact) mass is 406 g/mol. The zero-order valence-corrected chi connectivity index (χ0v) is 16.0. The number of aryl methyl sites for hydroxylation is 1. The second-order valence-electron chi connectivity index (χ2n) is 5.89. The van der Waals surface area contributed by atoms with Crippen molar-refractivity contribution in [2.75, 3.05) is 6.54 Å². The molecule has 0 radical (unpaired) electrons. The number of halogens is 1. The van der Waals surface area contributed by atoms with E-state index in [0.717, 1.165) is 38.5 Å². The Kier molecular flexibility index (Phi) is 5.30. The molecule has 0 fully saturated rings. The Morgan fingerprint density at radius 2 is 2.12 bits per heavy atom. The molecule has 0 aliphatic rings. The van der Waals surface area contributed by atoms with Gasteiger partial charge in [0.25, 0.3) is 5.91 Å². The van der Waals surface area contributed by atoms with E-state index in [4.69, 9.17) is 0 Å². The van der Waals surface area contributed by atoms with Crippen LogP contribution in [0.3, 0.4) is 0 Å². The molecule has 2 N–H and O–H groups in total. The zero-order chi connectivity index (χ0) is 17.1. The number of aromatic amines is 1. The van der Waals surface area contributed by atoms with Crippen LogP contribution in [0.4, 0.5) is 0 Å². The maximum absolute atomic E-state index is 12.3.